The molecular formula is C17H25NO5. The normalized spacial score (nSPS) is 11.5. The molecule has 1 N–H and O–H groups in total. The lowest BCUT2D eigenvalue weighted by molar-refractivity contribution is -0.124. The molecule has 1 amide bonds. The number of rotatable bonds is 8. The molecule has 0 saturated carbocycles. The van der Waals surface area contributed by atoms with E-state index in [9.17, 15) is 9.59 Å². The number of hydrogen-bond donors (Lipinski definition) is 1. The van der Waals surface area contributed by atoms with Crippen molar-refractivity contribution in [3.63, 3.8) is 0 Å². The minimum atomic E-state index is -0.597. The van der Waals surface area contributed by atoms with Gasteiger partial charge in [0.25, 0.3) is 5.91 Å². The predicted octanol–water partition coefficient (Wildman–Crippen LogP) is 2.47. The Hall–Kier alpha value is -2.24. The van der Waals surface area contributed by atoms with Gasteiger partial charge in [0.2, 0.25) is 0 Å². The van der Waals surface area contributed by atoms with Crippen LogP contribution in [0.25, 0.3) is 0 Å². The molecule has 0 heterocycles. The van der Waals surface area contributed by atoms with Crippen LogP contribution in [0.3, 0.4) is 0 Å². The summed E-state index contributed by atoms with van der Waals surface area (Å²) in [6, 6.07) is 3.20. The highest BCUT2D eigenvalue weighted by atomic mass is 16.5. The van der Waals surface area contributed by atoms with Gasteiger partial charge in [-0.25, -0.2) is 4.79 Å². The molecular weight excluding hydrogens is 298 g/mol. The first-order valence-electron chi connectivity index (χ1n) is 7.62. The Morgan fingerprint density at radius 2 is 1.74 bits per heavy atom. The fraction of sp³-hybridized carbons (Fsp3) is 0.529. The average Bonchev–Trinajstić information content (AvgIpc) is 2.52. The number of hydrogen-bond acceptors (Lipinski definition) is 5. The quantitative estimate of drug-likeness (QED) is 0.744. The van der Waals surface area contributed by atoms with Crippen LogP contribution in [-0.4, -0.2) is 38.7 Å². The van der Waals surface area contributed by atoms with Gasteiger partial charge in [-0.15, -0.1) is 0 Å². The summed E-state index contributed by atoms with van der Waals surface area (Å²) in [5.41, 5.74) is 1.07. The van der Waals surface area contributed by atoms with Crippen molar-refractivity contribution in [2.45, 2.75) is 39.7 Å². The zero-order valence-electron chi connectivity index (χ0n) is 14.4. The second kappa shape index (κ2) is 9.02. The van der Waals surface area contributed by atoms with Crippen molar-refractivity contribution in [2.24, 2.45) is 0 Å². The lowest BCUT2D eigenvalue weighted by Gasteiger charge is -2.14. The molecule has 6 heteroatoms. The van der Waals surface area contributed by atoms with Gasteiger partial charge >= 0.3 is 5.97 Å². The summed E-state index contributed by atoms with van der Waals surface area (Å²) >= 11 is 0. The number of ether oxygens (including phenoxy) is 3. The lowest BCUT2D eigenvalue weighted by atomic mass is 10.1. The molecule has 0 aliphatic carbocycles. The Labute approximate surface area is 137 Å². The number of carbonyl (C=O) groups is 2. The molecule has 0 aliphatic rings. The third kappa shape index (κ3) is 5.47. The Morgan fingerprint density at radius 1 is 1.17 bits per heavy atom. The van der Waals surface area contributed by atoms with Gasteiger partial charge in [-0.3, -0.25) is 4.79 Å². The first kappa shape index (κ1) is 18.8. The third-order valence-electron chi connectivity index (χ3n) is 3.45. The zero-order valence-corrected chi connectivity index (χ0v) is 14.4. The highest BCUT2D eigenvalue weighted by Gasteiger charge is 2.16. The van der Waals surface area contributed by atoms with Crippen LogP contribution < -0.4 is 14.8 Å². The van der Waals surface area contributed by atoms with Crippen LogP contribution >= 0.6 is 0 Å². The standard InChI is InChI=1S/C17H25NO5/c1-6-7-11(2)18-16(19)10-23-17(20)13-8-14(21-4)12(3)15(9-13)22-5/h8-9,11H,6-7,10H2,1-5H3,(H,18,19)/t11-/m0/s1. The minimum absolute atomic E-state index is 0.0609. The van der Waals surface area contributed by atoms with E-state index in [1.807, 2.05) is 20.8 Å². The zero-order chi connectivity index (χ0) is 17.4. The smallest absolute Gasteiger partial charge is 0.338 e. The second-order valence-electron chi connectivity index (χ2n) is 5.34. The summed E-state index contributed by atoms with van der Waals surface area (Å²) < 4.78 is 15.5. The Balaban J connectivity index is 2.70. The van der Waals surface area contributed by atoms with Crippen molar-refractivity contribution >= 4 is 11.9 Å². The van der Waals surface area contributed by atoms with E-state index in [4.69, 9.17) is 14.2 Å². The maximum absolute atomic E-state index is 12.1. The summed E-state index contributed by atoms with van der Waals surface area (Å²) in [5, 5.41) is 2.78. The number of esters is 1. The predicted molar refractivity (Wildman–Crippen MR) is 87.1 cm³/mol. The van der Waals surface area contributed by atoms with E-state index in [1.165, 1.54) is 14.2 Å². The monoisotopic (exact) mass is 323 g/mol. The van der Waals surface area contributed by atoms with E-state index >= 15 is 0 Å². The molecule has 0 spiro atoms. The molecule has 1 aromatic carbocycles. The number of benzene rings is 1. The van der Waals surface area contributed by atoms with Crippen LogP contribution in [0, 0.1) is 6.92 Å². The molecule has 0 unspecified atom stereocenters. The largest absolute Gasteiger partial charge is 0.496 e. The Bertz CT molecular complexity index is 531. The Morgan fingerprint density at radius 3 is 2.22 bits per heavy atom. The van der Waals surface area contributed by atoms with Crippen LogP contribution in [0.1, 0.15) is 42.6 Å². The van der Waals surface area contributed by atoms with Crippen LogP contribution in [0.4, 0.5) is 0 Å². The van der Waals surface area contributed by atoms with Gasteiger partial charge in [0.1, 0.15) is 11.5 Å². The van der Waals surface area contributed by atoms with Crippen molar-refractivity contribution in [2.75, 3.05) is 20.8 Å². The van der Waals surface area contributed by atoms with Gasteiger partial charge in [-0.2, -0.15) is 0 Å². The molecule has 0 saturated heterocycles. The maximum atomic E-state index is 12.1. The number of amides is 1. The summed E-state index contributed by atoms with van der Waals surface area (Å²) in [6.45, 7) is 5.47. The summed E-state index contributed by atoms with van der Waals surface area (Å²) in [7, 11) is 3.03. The first-order valence-corrected chi connectivity index (χ1v) is 7.62. The second-order valence-corrected chi connectivity index (χ2v) is 5.34. The Kier molecular flexibility index (Phi) is 7.38. The number of nitrogens with one attached hydrogen (secondary N) is 1. The van der Waals surface area contributed by atoms with E-state index in [1.54, 1.807) is 12.1 Å². The van der Waals surface area contributed by atoms with E-state index in [0.29, 0.717) is 11.5 Å². The third-order valence-corrected chi connectivity index (χ3v) is 3.45. The van der Waals surface area contributed by atoms with Crippen LogP contribution in [0.2, 0.25) is 0 Å². The van der Waals surface area contributed by atoms with E-state index < -0.39 is 5.97 Å². The van der Waals surface area contributed by atoms with Crippen molar-refractivity contribution < 1.29 is 23.8 Å². The van der Waals surface area contributed by atoms with Crippen molar-refractivity contribution in [1.82, 2.24) is 5.32 Å². The van der Waals surface area contributed by atoms with Crippen molar-refractivity contribution in [3.05, 3.63) is 23.3 Å². The van der Waals surface area contributed by atoms with Gasteiger partial charge in [0, 0.05) is 11.6 Å². The highest BCUT2D eigenvalue weighted by Crippen LogP contribution is 2.29. The molecule has 1 aromatic rings. The average molecular weight is 323 g/mol. The maximum Gasteiger partial charge on any atom is 0.338 e. The lowest BCUT2D eigenvalue weighted by Crippen LogP contribution is -2.35. The van der Waals surface area contributed by atoms with E-state index in [2.05, 4.69) is 5.32 Å². The molecule has 1 atom stereocenters. The van der Waals surface area contributed by atoms with Crippen molar-refractivity contribution in [3.8, 4) is 11.5 Å². The molecule has 0 aromatic heterocycles. The van der Waals surface area contributed by atoms with E-state index in [-0.39, 0.29) is 24.1 Å². The van der Waals surface area contributed by atoms with Gasteiger partial charge in [0.05, 0.1) is 19.8 Å². The molecule has 23 heavy (non-hydrogen) atoms. The number of methoxy groups -OCH3 is 2. The summed E-state index contributed by atoms with van der Waals surface area (Å²) in [5.74, 6) is 0.139. The topological polar surface area (TPSA) is 73.9 Å². The van der Waals surface area contributed by atoms with Gasteiger partial charge < -0.3 is 19.5 Å². The fourth-order valence-corrected chi connectivity index (χ4v) is 2.24. The summed E-state index contributed by atoms with van der Waals surface area (Å²) in [4.78, 5) is 23.8. The van der Waals surface area contributed by atoms with Crippen LogP contribution in [-0.2, 0) is 9.53 Å². The van der Waals surface area contributed by atoms with E-state index in [0.717, 1.165) is 18.4 Å². The fourth-order valence-electron chi connectivity index (χ4n) is 2.24. The SMILES string of the molecule is CCC[C@H](C)NC(=O)COC(=O)c1cc(OC)c(C)c(OC)c1. The number of carbonyl (C=O) groups excluding carboxylic acids is 2. The molecule has 0 bridgehead atoms. The highest BCUT2D eigenvalue weighted by molar-refractivity contribution is 5.92. The molecule has 0 fully saturated rings. The summed E-state index contributed by atoms with van der Waals surface area (Å²) in [6.07, 6.45) is 1.86. The van der Waals surface area contributed by atoms with Crippen molar-refractivity contribution in [1.29, 1.82) is 0 Å². The first-order chi connectivity index (χ1) is 10.9. The molecule has 1 rings (SSSR count). The minimum Gasteiger partial charge on any atom is -0.496 e. The molecule has 0 radical (unpaired) electrons. The molecule has 128 valence electrons. The molecule has 0 aliphatic heterocycles. The van der Waals surface area contributed by atoms with Gasteiger partial charge in [-0.1, -0.05) is 13.3 Å². The molecule has 6 nitrogen and oxygen atoms in total. The van der Waals surface area contributed by atoms with Crippen LogP contribution in [0.15, 0.2) is 12.1 Å². The van der Waals surface area contributed by atoms with Crippen LogP contribution in [0.5, 0.6) is 11.5 Å². The van der Waals surface area contributed by atoms with Gasteiger partial charge in [-0.05, 0) is 32.4 Å². The van der Waals surface area contributed by atoms with Gasteiger partial charge in [0.15, 0.2) is 6.61 Å².